The van der Waals surface area contributed by atoms with Crippen molar-refractivity contribution in [1.82, 2.24) is 10.2 Å². The van der Waals surface area contributed by atoms with Crippen molar-refractivity contribution in [3.05, 3.63) is 0 Å². The van der Waals surface area contributed by atoms with E-state index in [2.05, 4.69) is 5.32 Å². The van der Waals surface area contributed by atoms with Crippen LogP contribution in [-0.2, 0) is 0 Å². The van der Waals surface area contributed by atoms with Crippen LogP contribution < -0.4 is 5.32 Å². The maximum Gasteiger partial charge on any atom is 0.407 e. The lowest BCUT2D eigenvalue weighted by atomic mass is 10.1. The van der Waals surface area contributed by atoms with E-state index < -0.39 is 6.09 Å². The van der Waals surface area contributed by atoms with Crippen LogP contribution in [0.4, 0.5) is 4.79 Å². The molecule has 1 amide bonds. The SMILES string of the molecule is Cl.N#CCC1CNCCN1C(=O)O. The van der Waals surface area contributed by atoms with Gasteiger partial charge in [-0.2, -0.15) is 5.26 Å². The molecule has 0 aromatic rings. The Kier molecular flexibility index (Phi) is 5.19. The Morgan fingerprint density at radius 2 is 2.46 bits per heavy atom. The largest absolute Gasteiger partial charge is 0.465 e. The van der Waals surface area contributed by atoms with Gasteiger partial charge in [0, 0.05) is 19.6 Å². The van der Waals surface area contributed by atoms with Crippen LogP contribution in [0.25, 0.3) is 0 Å². The number of amides is 1. The normalized spacial score (nSPS) is 21.5. The molecule has 1 unspecified atom stereocenters. The molecule has 1 atom stereocenters. The summed E-state index contributed by atoms with van der Waals surface area (Å²) >= 11 is 0. The van der Waals surface area contributed by atoms with Crippen LogP contribution in [-0.4, -0.2) is 41.8 Å². The van der Waals surface area contributed by atoms with Gasteiger partial charge in [-0.3, -0.25) is 0 Å². The lowest BCUT2D eigenvalue weighted by Crippen LogP contribution is -2.53. The van der Waals surface area contributed by atoms with Gasteiger partial charge in [0.15, 0.2) is 0 Å². The van der Waals surface area contributed by atoms with Gasteiger partial charge in [-0.25, -0.2) is 4.79 Å². The second kappa shape index (κ2) is 5.62. The molecule has 1 saturated heterocycles. The number of carboxylic acid groups (broad SMARTS) is 1. The summed E-state index contributed by atoms with van der Waals surface area (Å²) in [5, 5.41) is 20.2. The summed E-state index contributed by atoms with van der Waals surface area (Å²) in [6, 6.07) is 1.80. The van der Waals surface area contributed by atoms with E-state index in [-0.39, 0.29) is 24.9 Å². The quantitative estimate of drug-likeness (QED) is 0.645. The van der Waals surface area contributed by atoms with Gasteiger partial charge < -0.3 is 15.3 Å². The molecule has 1 aliphatic heterocycles. The number of carbonyl (C=O) groups is 1. The van der Waals surface area contributed by atoms with E-state index in [1.54, 1.807) is 0 Å². The molecule has 74 valence electrons. The van der Waals surface area contributed by atoms with Crippen LogP contribution in [0.15, 0.2) is 0 Å². The molecule has 6 heteroatoms. The summed E-state index contributed by atoms with van der Waals surface area (Å²) in [5.74, 6) is 0. The molecule has 0 aromatic heterocycles. The molecule has 5 nitrogen and oxygen atoms in total. The highest BCUT2D eigenvalue weighted by atomic mass is 35.5. The second-order valence-electron chi connectivity index (χ2n) is 2.70. The van der Waals surface area contributed by atoms with E-state index in [4.69, 9.17) is 10.4 Å². The number of piperazine rings is 1. The number of hydrogen-bond donors (Lipinski definition) is 2. The molecule has 0 aromatic carbocycles. The topological polar surface area (TPSA) is 76.4 Å². The molecule has 0 saturated carbocycles. The van der Waals surface area contributed by atoms with Crippen molar-refractivity contribution in [1.29, 1.82) is 5.26 Å². The van der Waals surface area contributed by atoms with Gasteiger partial charge in [-0.1, -0.05) is 0 Å². The first-order chi connectivity index (χ1) is 5.75. The number of halogens is 1. The van der Waals surface area contributed by atoms with E-state index in [0.29, 0.717) is 19.6 Å². The van der Waals surface area contributed by atoms with Crippen molar-refractivity contribution >= 4 is 18.5 Å². The van der Waals surface area contributed by atoms with Crippen LogP contribution in [0.1, 0.15) is 6.42 Å². The van der Waals surface area contributed by atoms with Crippen LogP contribution in [0.3, 0.4) is 0 Å². The zero-order valence-corrected chi connectivity index (χ0v) is 7.88. The second-order valence-corrected chi connectivity index (χ2v) is 2.70. The first-order valence-corrected chi connectivity index (χ1v) is 3.83. The Bertz CT molecular complexity index is 216. The molecule has 1 aliphatic rings. The third-order valence-electron chi connectivity index (χ3n) is 1.92. The molecular weight excluding hydrogens is 194 g/mol. The highest BCUT2D eigenvalue weighted by Gasteiger charge is 2.25. The number of nitriles is 1. The summed E-state index contributed by atoms with van der Waals surface area (Å²) < 4.78 is 0. The fourth-order valence-corrected chi connectivity index (χ4v) is 1.30. The third kappa shape index (κ3) is 3.09. The van der Waals surface area contributed by atoms with Gasteiger partial charge in [0.2, 0.25) is 0 Å². The van der Waals surface area contributed by atoms with Crippen molar-refractivity contribution in [3.63, 3.8) is 0 Å². The molecule has 13 heavy (non-hydrogen) atoms. The van der Waals surface area contributed by atoms with E-state index in [0.717, 1.165) is 0 Å². The molecule has 0 radical (unpaired) electrons. The summed E-state index contributed by atoms with van der Waals surface area (Å²) in [5.41, 5.74) is 0. The van der Waals surface area contributed by atoms with Crippen molar-refractivity contribution < 1.29 is 9.90 Å². The smallest absolute Gasteiger partial charge is 0.407 e. The molecule has 0 spiro atoms. The minimum absolute atomic E-state index is 0. The average Bonchev–Trinajstić information content (AvgIpc) is 2.05. The molecule has 1 fully saturated rings. The van der Waals surface area contributed by atoms with Crippen LogP contribution in [0.5, 0.6) is 0 Å². The molecule has 0 bridgehead atoms. The number of nitrogens with zero attached hydrogens (tertiary/aromatic N) is 2. The number of nitrogens with one attached hydrogen (secondary N) is 1. The molecular formula is C7H12ClN3O2. The van der Waals surface area contributed by atoms with Crippen molar-refractivity contribution in [3.8, 4) is 6.07 Å². The highest BCUT2D eigenvalue weighted by molar-refractivity contribution is 5.85. The van der Waals surface area contributed by atoms with Crippen molar-refractivity contribution in [2.45, 2.75) is 12.5 Å². The predicted molar refractivity (Wildman–Crippen MR) is 48.9 cm³/mol. The van der Waals surface area contributed by atoms with Crippen LogP contribution >= 0.6 is 12.4 Å². The van der Waals surface area contributed by atoms with Gasteiger partial charge in [-0.05, 0) is 0 Å². The Balaban J connectivity index is 0.00000144. The Labute approximate surface area is 82.7 Å². The van der Waals surface area contributed by atoms with Gasteiger partial charge in [-0.15, -0.1) is 12.4 Å². The van der Waals surface area contributed by atoms with Crippen molar-refractivity contribution in [2.24, 2.45) is 0 Å². The summed E-state index contributed by atoms with van der Waals surface area (Å²) in [6.45, 7) is 1.73. The first kappa shape index (κ1) is 12.0. The molecule has 2 N–H and O–H groups in total. The summed E-state index contributed by atoms with van der Waals surface area (Å²) in [7, 11) is 0. The minimum Gasteiger partial charge on any atom is -0.465 e. The maximum atomic E-state index is 10.6. The third-order valence-corrected chi connectivity index (χ3v) is 1.92. The monoisotopic (exact) mass is 205 g/mol. The highest BCUT2D eigenvalue weighted by Crippen LogP contribution is 2.06. The van der Waals surface area contributed by atoms with E-state index in [1.165, 1.54) is 4.90 Å². The zero-order valence-electron chi connectivity index (χ0n) is 7.06. The predicted octanol–water partition coefficient (Wildman–Crippen LogP) is 0.274. The average molecular weight is 206 g/mol. The van der Waals surface area contributed by atoms with E-state index >= 15 is 0 Å². The van der Waals surface area contributed by atoms with E-state index in [9.17, 15) is 4.79 Å². The Morgan fingerprint density at radius 1 is 1.77 bits per heavy atom. The fraction of sp³-hybridized carbons (Fsp3) is 0.714. The van der Waals surface area contributed by atoms with E-state index in [1.807, 2.05) is 6.07 Å². The van der Waals surface area contributed by atoms with Crippen LogP contribution in [0.2, 0.25) is 0 Å². The van der Waals surface area contributed by atoms with Gasteiger partial charge in [0.25, 0.3) is 0 Å². The lowest BCUT2D eigenvalue weighted by Gasteiger charge is -2.32. The zero-order chi connectivity index (χ0) is 8.97. The van der Waals surface area contributed by atoms with Crippen molar-refractivity contribution in [2.75, 3.05) is 19.6 Å². The Hall–Kier alpha value is -0.990. The lowest BCUT2D eigenvalue weighted by molar-refractivity contribution is 0.113. The van der Waals surface area contributed by atoms with Gasteiger partial charge in [0.05, 0.1) is 18.5 Å². The molecule has 0 aliphatic carbocycles. The van der Waals surface area contributed by atoms with Gasteiger partial charge >= 0.3 is 6.09 Å². The summed E-state index contributed by atoms with van der Waals surface area (Å²) in [4.78, 5) is 11.9. The molecule has 1 heterocycles. The van der Waals surface area contributed by atoms with Gasteiger partial charge in [0.1, 0.15) is 0 Å². The van der Waals surface area contributed by atoms with Crippen LogP contribution in [0, 0.1) is 11.3 Å². The summed E-state index contributed by atoms with van der Waals surface area (Å²) in [6.07, 6.45) is -0.670. The molecule has 1 rings (SSSR count). The fourth-order valence-electron chi connectivity index (χ4n) is 1.30. The maximum absolute atomic E-state index is 10.6. The number of hydrogen-bond acceptors (Lipinski definition) is 3. The standard InChI is InChI=1S/C7H11N3O2.ClH/c8-2-1-6-5-9-3-4-10(6)7(11)12;/h6,9H,1,3-5H2,(H,11,12);1H. The minimum atomic E-state index is -0.934. The first-order valence-electron chi connectivity index (χ1n) is 3.83. The number of rotatable bonds is 1. The Morgan fingerprint density at radius 3 is 3.00 bits per heavy atom.